The van der Waals surface area contributed by atoms with Gasteiger partial charge in [-0.15, -0.1) is 0 Å². The van der Waals surface area contributed by atoms with Crippen molar-refractivity contribution in [3.05, 3.63) is 59.3 Å². The van der Waals surface area contributed by atoms with E-state index in [-0.39, 0.29) is 0 Å². The summed E-state index contributed by atoms with van der Waals surface area (Å²) in [6, 6.07) is 11.8. The minimum absolute atomic E-state index is 0.551. The first-order chi connectivity index (χ1) is 10.2. The molecule has 3 heteroatoms. The van der Waals surface area contributed by atoms with Gasteiger partial charge in [-0.25, -0.2) is 4.98 Å². The van der Waals surface area contributed by atoms with E-state index in [0.717, 1.165) is 24.3 Å². The van der Waals surface area contributed by atoms with Crippen LogP contribution >= 0.6 is 0 Å². The van der Waals surface area contributed by atoms with Crippen LogP contribution in [0.5, 0.6) is 5.75 Å². The van der Waals surface area contributed by atoms with Crippen molar-refractivity contribution in [3.63, 3.8) is 0 Å². The summed E-state index contributed by atoms with van der Waals surface area (Å²) in [6.45, 7) is 4.83. The maximum atomic E-state index is 5.81. The number of ether oxygens (including phenoxy) is 1. The number of benzene rings is 1. The van der Waals surface area contributed by atoms with Crippen molar-refractivity contribution < 1.29 is 4.74 Å². The third-order valence-electron chi connectivity index (χ3n) is 3.24. The van der Waals surface area contributed by atoms with Crippen LogP contribution in [-0.2, 0) is 6.42 Å². The van der Waals surface area contributed by atoms with Crippen LogP contribution in [0.25, 0.3) is 6.08 Å². The fourth-order valence-electron chi connectivity index (χ4n) is 2.04. The van der Waals surface area contributed by atoms with E-state index < -0.39 is 0 Å². The number of anilines is 1. The van der Waals surface area contributed by atoms with Crippen LogP contribution in [-0.4, -0.2) is 11.6 Å². The van der Waals surface area contributed by atoms with Crippen molar-refractivity contribution in [1.82, 2.24) is 4.98 Å². The highest BCUT2D eigenvalue weighted by Gasteiger charge is 2.00. The summed E-state index contributed by atoms with van der Waals surface area (Å²) in [6.07, 6.45) is 6.08. The number of aryl methyl sites for hydroxylation is 1. The molecule has 0 atom stereocenters. The molecule has 2 aromatic rings. The SMILES string of the molecule is CC/C=C\c1cc(OCCc2cccc(N)n2)ccc1C. The number of aromatic nitrogens is 1. The number of hydrogen-bond acceptors (Lipinski definition) is 3. The van der Waals surface area contributed by atoms with Crippen LogP contribution in [0.1, 0.15) is 30.2 Å². The van der Waals surface area contributed by atoms with Gasteiger partial charge in [-0.05, 0) is 48.7 Å². The lowest BCUT2D eigenvalue weighted by Gasteiger charge is -2.08. The quantitative estimate of drug-likeness (QED) is 0.870. The summed E-state index contributed by atoms with van der Waals surface area (Å²) in [7, 11) is 0. The van der Waals surface area contributed by atoms with Gasteiger partial charge in [0.15, 0.2) is 0 Å². The number of nitrogens with zero attached hydrogens (tertiary/aromatic N) is 1. The highest BCUT2D eigenvalue weighted by Crippen LogP contribution is 2.19. The van der Waals surface area contributed by atoms with Crippen LogP contribution in [0.15, 0.2) is 42.5 Å². The Balaban J connectivity index is 1.95. The second-order valence-electron chi connectivity index (χ2n) is 4.98. The van der Waals surface area contributed by atoms with E-state index in [1.165, 1.54) is 11.1 Å². The van der Waals surface area contributed by atoms with Crippen LogP contribution in [0.2, 0.25) is 0 Å². The molecule has 0 unspecified atom stereocenters. The van der Waals surface area contributed by atoms with Gasteiger partial charge in [0, 0.05) is 12.1 Å². The van der Waals surface area contributed by atoms with Gasteiger partial charge in [0.25, 0.3) is 0 Å². The normalized spacial score (nSPS) is 11.0. The number of nitrogen functional groups attached to an aromatic ring is 1. The fourth-order valence-corrected chi connectivity index (χ4v) is 2.04. The molecule has 2 N–H and O–H groups in total. The molecular weight excluding hydrogens is 260 g/mol. The molecule has 0 saturated heterocycles. The van der Waals surface area contributed by atoms with Crippen molar-refractivity contribution in [1.29, 1.82) is 0 Å². The predicted molar refractivity (Wildman–Crippen MR) is 88.4 cm³/mol. The Bertz CT molecular complexity index is 620. The number of rotatable bonds is 6. The predicted octanol–water partition coefficient (Wildman–Crippen LogP) is 4.02. The smallest absolute Gasteiger partial charge is 0.123 e. The van der Waals surface area contributed by atoms with E-state index in [4.69, 9.17) is 10.5 Å². The molecule has 110 valence electrons. The molecule has 3 nitrogen and oxygen atoms in total. The molecule has 2 rings (SSSR count). The topological polar surface area (TPSA) is 48.1 Å². The third kappa shape index (κ3) is 4.63. The van der Waals surface area contributed by atoms with Crippen molar-refractivity contribution in [2.45, 2.75) is 26.7 Å². The Morgan fingerprint density at radius 3 is 2.86 bits per heavy atom. The van der Waals surface area contributed by atoms with Gasteiger partial charge < -0.3 is 10.5 Å². The van der Waals surface area contributed by atoms with Crippen molar-refractivity contribution in [3.8, 4) is 5.75 Å². The van der Waals surface area contributed by atoms with Gasteiger partial charge in [0.2, 0.25) is 0 Å². The third-order valence-corrected chi connectivity index (χ3v) is 3.24. The molecule has 0 fully saturated rings. The lowest BCUT2D eigenvalue weighted by Crippen LogP contribution is -2.04. The van der Waals surface area contributed by atoms with Crippen molar-refractivity contribution >= 4 is 11.9 Å². The van der Waals surface area contributed by atoms with Gasteiger partial charge in [-0.2, -0.15) is 0 Å². The summed E-state index contributed by atoms with van der Waals surface area (Å²) >= 11 is 0. The van der Waals surface area contributed by atoms with Crippen LogP contribution in [0, 0.1) is 6.92 Å². The van der Waals surface area contributed by atoms with E-state index in [0.29, 0.717) is 12.4 Å². The van der Waals surface area contributed by atoms with Crippen molar-refractivity contribution in [2.24, 2.45) is 0 Å². The fraction of sp³-hybridized carbons (Fsp3) is 0.278. The average molecular weight is 282 g/mol. The first kappa shape index (κ1) is 15.1. The summed E-state index contributed by atoms with van der Waals surface area (Å²) < 4.78 is 5.81. The first-order valence-corrected chi connectivity index (χ1v) is 7.30. The Hall–Kier alpha value is -2.29. The van der Waals surface area contributed by atoms with E-state index in [9.17, 15) is 0 Å². The molecule has 0 bridgehead atoms. The van der Waals surface area contributed by atoms with Gasteiger partial charge in [-0.3, -0.25) is 0 Å². The van der Waals surface area contributed by atoms with Crippen LogP contribution in [0.3, 0.4) is 0 Å². The zero-order valence-electron chi connectivity index (χ0n) is 12.7. The Morgan fingerprint density at radius 2 is 2.10 bits per heavy atom. The molecule has 21 heavy (non-hydrogen) atoms. The molecule has 0 aliphatic carbocycles. The minimum Gasteiger partial charge on any atom is -0.493 e. The van der Waals surface area contributed by atoms with Gasteiger partial charge in [0.1, 0.15) is 11.6 Å². The number of nitrogens with two attached hydrogens (primary N) is 1. The molecule has 1 heterocycles. The molecule has 0 aliphatic heterocycles. The molecule has 0 spiro atoms. The second-order valence-corrected chi connectivity index (χ2v) is 4.98. The van der Waals surface area contributed by atoms with Gasteiger partial charge >= 0.3 is 0 Å². The lowest BCUT2D eigenvalue weighted by atomic mass is 10.1. The number of hydrogen-bond donors (Lipinski definition) is 1. The minimum atomic E-state index is 0.551. The number of pyridine rings is 1. The summed E-state index contributed by atoms with van der Waals surface area (Å²) in [5.41, 5.74) is 9.08. The second kappa shape index (κ2) is 7.48. The lowest BCUT2D eigenvalue weighted by molar-refractivity contribution is 0.320. The highest BCUT2D eigenvalue weighted by molar-refractivity contribution is 5.55. The van der Waals surface area contributed by atoms with E-state index in [1.54, 1.807) is 6.07 Å². The molecule has 1 aromatic heterocycles. The highest BCUT2D eigenvalue weighted by atomic mass is 16.5. The molecule has 0 saturated carbocycles. The number of allylic oxidation sites excluding steroid dienone is 1. The summed E-state index contributed by atoms with van der Waals surface area (Å²) in [4.78, 5) is 4.26. The summed E-state index contributed by atoms with van der Waals surface area (Å²) in [5.74, 6) is 1.44. The largest absolute Gasteiger partial charge is 0.493 e. The standard InChI is InChI=1S/C18H22N2O/c1-3-4-6-15-13-17(10-9-14(15)2)21-12-11-16-7-5-8-18(19)20-16/h4-10,13H,3,11-12H2,1-2H3,(H2,19,20)/b6-4-. The van der Waals surface area contributed by atoms with Crippen LogP contribution in [0.4, 0.5) is 5.82 Å². The van der Waals surface area contributed by atoms with Crippen molar-refractivity contribution in [2.75, 3.05) is 12.3 Å². The molecule has 1 aromatic carbocycles. The molecular formula is C18H22N2O. The zero-order valence-corrected chi connectivity index (χ0v) is 12.7. The molecule has 0 aliphatic rings. The maximum absolute atomic E-state index is 5.81. The van der Waals surface area contributed by atoms with Gasteiger partial charge in [0.05, 0.1) is 6.61 Å². The first-order valence-electron chi connectivity index (χ1n) is 7.30. The van der Waals surface area contributed by atoms with Crippen LogP contribution < -0.4 is 10.5 Å². The van der Waals surface area contributed by atoms with Gasteiger partial charge in [-0.1, -0.05) is 31.2 Å². The average Bonchev–Trinajstić information content (AvgIpc) is 2.48. The molecule has 0 radical (unpaired) electrons. The Kier molecular flexibility index (Phi) is 5.38. The maximum Gasteiger partial charge on any atom is 0.123 e. The van der Waals surface area contributed by atoms with E-state index in [2.05, 4.69) is 43.1 Å². The van der Waals surface area contributed by atoms with E-state index >= 15 is 0 Å². The molecule has 0 amide bonds. The summed E-state index contributed by atoms with van der Waals surface area (Å²) in [5, 5.41) is 0. The Morgan fingerprint density at radius 1 is 1.24 bits per heavy atom. The van der Waals surface area contributed by atoms with E-state index in [1.807, 2.05) is 18.2 Å². The monoisotopic (exact) mass is 282 g/mol. The Labute approximate surface area is 126 Å². The zero-order chi connectivity index (χ0) is 15.1.